The lowest BCUT2D eigenvalue weighted by molar-refractivity contribution is -0.126. The van der Waals surface area contributed by atoms with Crippen LogP contribution in [0.2, 0.25) is 0 Å². The minimum Gasteiger partial charge on any atom is -0.376 e. The van der Waals surface area contributed by atoms with E-state index in [9.17, 15) is 4.79 Å². The number of hydrogen-bond acceptors (Lipinski definition) is 4. The van der Waals surface area contributed by atoms with Gasteiger partial charge in [0.1, 0.15) is 0 Å². The van der Waals surface area contributed by atoms with Crippen molar-refractivity contribution >= 4 is 5.91 Å². The van der Waals surface area contributed by atoms with Crippen molar-refractivity contribution in [3.8, 4) is 0 Å². The third kappa shape index (κ3) is 4.92. The smallest absolute Gasteiger partial charge is 0.220 e. The Morgan fingerprint density at radius 1 is 1.26 bits per heavy atom. The molecule has 3 rings (SSSR count). The predicted molar refractivity (Wildman–Crippen MR) is 105 cm³/mol. The molecule has 0 radical (unpaired) electrons. The molecule has 5 heteroatoms. The molecule has 0 spiro atoms. The molecule has 27 heavy (non-hydrogen) atoms. The number of aromatic nitrogens is 2. The number of ether oxygens (including phenoxy) is 1. The van der Waals surface area contributed by atoms with E-state index in [0.29, 0.717) is 26.0 Å². The summed E-state index contributed by atoms with van der Waals surface area (Å²) in [6.07, 6.45) is 7.93. The molecule has 1 atom stereocenters. The van der Waals surface area contributed by atoms with Gasteiger partial charge < -0.3 is 10.1 Å². The second kappa shape index (κ2) is 8.17. The number of amides is 1. The third-order valence-corrected chi connectivity index (χ3v) is 5.37. The third-order valence-electron chi connectivity index (χ3n) is 5.37. The molecule has 1 fully saturated rings. The molecule has 1 saturated heterocycles. The summed E-state index contributed by atoms with van der Waals surface area (Å²) in [4.78, 5) is 21.1. The molecular formula is C22H29N3O2. The summed E-state index contributed by atoms with van der Waals surface area (Å²) in [5, 5.41) is 3.07. The highest BCUT2D eigenvalue weighted by Crippen LogP contribution is 2.45. The van der Waals surface area contributed by atoms with Crippen LogP contribution < -0.4 is 5.32 Å². The summed E-state index contributed by atoms with van der Waals surface area (Å²) < 4.78 is 5.96. The topological polar surface area (TPSA) is 64.1 Å². The molecule has 0 bridgehead atoms. The zero-order valence-corrected chi connectivity index (χ0v) is 16.5. The number of aryl methyl sites for hydroxylation is 1. The summed E-state index contributed by atoms with van der Waals surface area (Å²) in [7, 11) is 0. The number of carbonyl (C=O) groups excluding carboxylic acids is 1. The van der Waals surface area contributed by atoms with Gasteiger partial charge in [0.25, 0.3) is 0 Å². The summed E-state index contributed by atoms with van der Waals surface area (Å²) in [6, 6.07) is 8.42. The Bertz CT molecular complexity index is 776. The van der Waals surface area contributed by atoms with Gasteiger partial charge in [-0.1, -0.05) is 24.3 Å². The van der Waals surface area contributed by atoms with Gasteiger partial charge in [0, 0.05) is 50.0 Å². The van der Waals surface area contributed by atoms with Crippen LogP contribution in [0.5, 0.6) is 0 Å². The van der Waals surface area contributed by atoms with Gasteiger partial charge in [-0.2, -0.15) is 0 Å². The number of rotatable bonds is 6. The van der Waals surface area contributed by atoms with Crippen LogP contribution in [0.25, 0.3) is 0 Å². The van der Waals surface area contributed by atoms with E-state index in [2.05, 4.69) is 60.3 Å². The quantitative estimate of drug-likeness (QED) is 0.850. The molecule has 1 aromatic carbocycles. The van der Waals surface area contributed by atoms with E-state index in [1.54, 1.807) is 18.6 Å². The van der Waals surface area contributed by atoms with E-state index in [-0.39, 0.29) is 16.9 Å². The van der Waals surface area contributed by atoms with E-state index >= 15 is 0 Å². The zero-order chi connectivity index (χ0) is 19.3. The fraction of sp³-hybridized carbons (Fsp3) is 0.500. The lowest BCUT2D eigenvalue weighted by Gasteiger charge is -2.45. The first-order chi connectivity index (χ1) is 12.9. The van der Waals surface area contributed by atoms with Crippen molar-refractivity contribution in [3.63, 3.8) is 0 Å². The van der Waals surface area contributed by atoms with Gasteiger partial charge in [-0.25, -0.2) is 0 Å². The Morgan fingerprint density at radius 3 is 2.78 bits per heavy atom. The van der Waals surface area contributed by atoms with Crippen molar-refractivity contribution in [1.29, 1.82) is 0 Å². The van der Waals surface area contributed by atoms with Gasteiger partial charge in [0.15, 0.2) is 0 Å². The molecule has 1 aliphatic heterocycles. The zero-order valence-electron chi connectivity index (χ0n) is 16.5. The van der Waals surface area contributed by atoms with Crippen LogP contribution in [0.15, 0.2) is 42.9 Å². The van der Waals surface area contributed by atoms with Crippen LogP contribution in [-0.2, 0) is 21.4 Å². The van der Waals surface area contributed by atoms with Crippen LogP contribution >= 0.6 is 0 Å². The molecule has 144 valence electrons. The number of nitrogens with zero attached hydrogens (tertiary/aromatic N) is 2. The molecule has 0 saturated carbocycles. The summed E-state index contributed by atoms with van der Waals surface area (Å²) in [6.45, 7) is 7.61. The van der Waals surface area contributed by atoms with Crippen molar-refractivity contribution in [2.45, 2.75) is 57.5 Å². The van der Waals surface area contributed by atoms with Crippen LogP contribution in [0.1, 0.15) is 49.9 Å². The monoisotopic (exact) mass is 367 g/mol. The van der Waals surface area contributed by atoms with E-state index in [1.165, 1.54) is 11.1 Å². The van der Waals surface area contributed by atoms with E-state index in [0.717, 1.165) is 18.5 Å². The maximum absolute atomic E-state index is 12.8. The van der Waals surface area contributed by atoms with Crippen molar-refractivity contribution in [2.75, 3.05) is 13.2 Å². The second-order valence-corrected chi connectivity index (χ2v) is 8.10. The van der Waals surface area contributed by atoms with E-state index in [1.807, 2.05) is 0 Å². The molecule has 1 aromatic heterocycles. The van der Waals surface area contributed by atoms with Gasteiger partial charge in [0.05, 0.1) is 11.3 Å². The molecule has 0 aliphatic carbocycles. The van der Waals surface area contributed by atoms with Crippen LogP contribution in [0.4, 0.5) is 0 Å². The first-order valence-electron chi connectivity index (χ1n) is 9.62. The fourth-order valence-corrected chi connectivity index (χ4v) is 4.28. The average molecular weight is 367 g/mol. The van der Waals surface area contributed by atoms with Gasteiger partial charge in [-0.05, 0) is 44.7 Å². The van der Waals surface area contributed by atoms with Crippen molar-refractivity contribution in [3.05, 3.63) is 59.7 Å². The molecule has 5 nitrogen and oxygen atoms in total. The van der Waals surface area contributed by atoms with Crippen LogP contribution in [-0.4, -0.2) is 34.6 Å². The van der Waals surface area contributed by atoms with Crippen LogP contribution in [0, 0.1) is 6.92 Å². The minimum atomic E-state index is -0.236. The Morgan fingerprint density at radius 2 is 2.07 bits per heavy atom. The lowest BCUT2D eigenvalue weighted by atomic mass is 9.66. The number of carbonyl (C=O) groups is 1. The molecule has 1 N–H and O–H groups in total. The molecule has 2 heterocycles. The summed E-state index contributed by atoms with van der Waals surface area (Å²) in [5.74, 6) is 0.0832. The van der Waals surface area contributed by atoms with Crippen molar-refractivity contribution < 1.29 is 9.53 Å². The van der Waals surface area contributed by atoms with E-state index in [4.69, 9.17) is 4.74 Å². The fourth-order valence-electron chi connectivity index (χ4n) is 4.28. The highest BCUT2D eigenvalue weighted by atomic mass is 16.5. The minimum absolute atomic E-state index is 0.0832. The largest absolute Gasteiger partial charge is 0.376 e. The first kappa shape index (κ1) is 19.5. The summed E-state index contributed by atoms with van der Waals surface area (Å²) >= 11 is 0. The Hall–Kier alpha value is -2.27. The van der Waals surface area contributed by atoms with Crippen molar-refractivity contribution in [1.82, 2.24) is 15.3 Å². The number of hydrogen-bond donors (Lipinski definition) is 1. The molecular weight excluding hydrogens is 338 g/mol. The SMILES string of the molecule is Cc1ccccc1[C@@]1(CC(=O)NCCc2cnccn2)CCOC(C)(C)C1. The van der Waals surface area contributed by atoms with E-state index < -0.39 is 0 Å². The second-order valence-electron chi connectivity index (χ2n) is 8.10. The summed E-state index contributed by atoms with van der Waals surface area (Å²) in [5.41, 5.74) is 2.97. The van der Waals surface area contributed by atoms with Gasteiger partial charge in [-0.15, -0.1) is 0 Å². The Kier molecular flexibility index (Phi) is 5.90. The van der Waals surface area contributed by atoms with Gasteiger partial charge >= 0.3 is 0 Å². The number of nitrogens with one attached hydrogen (secondary N) is 1. The van der Waals surface area contributed by atoms with Gasteiger partial charge in [0.2, 0.25) is 5.91 Å². The van der Waals surface area contributed by atoms with Gasteiger partial charge in [-0.3, -0.25) is 14.8 Å². The highest BCUT2D eigenvalue weighted by Gasteiger charge is 2.44. The molecule has 2 aromatic rings. The lowest BCUT2D eigenvalue weighted by Crippen LogP contribution is -2.47. The first-order valence-corrected chi connectivity index (χ1v) is 9.62. The number of benzene rings is 1. The van der Waals surface area contributed by atoms with Crippen LogP contribution in [0.3, 0.4) is 0 Å². The highest BCUT2D eigenvalue weighted by molar-refractivity contribution is 5.77. The Labute approximate surface area is 161 Å². The predicted octanol–water partition coefficient (Wildman–Crippen LogP) is 3.36. The van der Waals surface area contributed by atoms with Crippen molar-refractivity contribution in [2.24, 2.45) is 0 Å². The average Bonchev–Trinajstić information content (AvgIpc) is 2.62. The molecule has 1 aliphatic rings. The normalized spacial score (nSPS) is 21.6. The Balaban J connectivity index is 1.72. The molecule has 0 unspecified atom stereocenters. The standard InChI is InChI=1S/C22H29N3O2/c1-17-6-4-5-7-19(17)22(9-13-27-21(2,3)16-22)14-20(26)25-10-8-18-15-23-11-12-24-18/h4-7,11-12,15H,8-10,13-14,16H2,1-3H3,(H,25,26)/t22-/m1/s1. The molecule has 1 amide bonds. The maximum atomic E-state index is 12.8. The maximum Gasteiger partial charge on any atom is 0.220 e.